The molecule has 0 radical (unpaired) electrons. The highest BCUT2D eigenvalue weighted by molar-refractivity contribution is 5.91. The first-order valence-corrected chi connectivity index (χ1v) is 7.40. The van der Waals surface area contributed by atoms with Crippen molar-refractivity contribution in [2.24, 2.45) is 0 Å². The SMILES string of the molecule is O=C(NCCc1ccccc1F)C1(c2ccc(F)cc2)CC1. The molecule has 0 atom stereocenters. The van der Waals surface area contributed by atoms with Crippen LogP contribution < -0.4 is 5.32 Å². The molecule has 1 fully saturated rings. The quantitative estimate of drug-likeness (QED) is 0.901. The second kappa shape index (κ2) is 5.87. The Balaban J connectivity index is 1.60. The van der Waals surface area contributed by atoms with Crippen LogP contribution in [-0.2, 0) is 16.6 Å². The van der Waals surface area contributed by atoms with Crippen LogP contribution in [0.3, 0.4) is 0 Å². The van der Waals surface area contributed by atoms with Crippen LogP contribution in [0.4, 0.5) is 8.78 Å². The van der Waals surface area contributed by atoms with E-state index in [1.807, 2.05) is 0 Å². The number of halogens is 2. The minimum absolute atomic E-state index is 0.0598. The summed E-state index contributed by atoms with van der Waals surface area (Å²) in [6.45, 7) is 0.392. The third kappa shape index (κ3) is 2.86. The molecule has 1 aliphatic carbocycles. The Labute approximate surface area is 128 Å². The van der Waals surface area contributed by atoms with E-state index in [0.29, 0.717) is 18.5 Å². The number of hydrogen-bond acceptors (Lipinski definition) is 1. The molecule has 3 rings (SSSR count). The van der Waals surface area contributed by atoms with Crippen molar-refractivity contribution in [1.82, 2.24) is 5.32 Å². The smallest absolute Gasteiger partial charge is 0.230 e. The summed E-state index contributed by atoms with van der Waals surface area (Å²) in [6, 6.07) is 12.6. The number of nitrogens with one attached hydrogen (secondary N) is 1. The molecule has 0 saturated heterocycles. The van der Waals surface area contributed by atoms with Crippen molar-refractivity contribution in [3.63, 3.8) is 0 Å². The lowest BCUT2D eigenvalue weighted by Gasteiger charge is -2.16. The minimum atomic E-state index is -0.525. The predicted octanol–water partition coefficient (Wildman–Crippen LogP) is 3.36. The Kier molecular flexibility index (Phi) is 3.92. The largest absolute Gasteiger partial charge is 0.355 e. The molecule has 0 unspecified atom stereocenters. The van der Waals surface area contributed by atoms with Gasteiger partial charge in [-0.1, -0.05) is 30.3 Å². The van der Waals surface area contributed by atoms with Crippen molar-refractivity contribution < 1.29 is 13.6 Å². The van der Waals surface area contributed by atoms with Gasteiger partial charge in [-0.15, -0.1) is 0 Å². The van der Waals surface area contributed by atoms with E-state index in [2.05, 4.69) is 5.32 Å². The fourth-order valence-corrected chi connectivity index (χ4v) is 2.72. The second-order valence-electron chi connectivity index (χ2n) is 5.69. The van der Waals surface area contributed by atoms with E-state index in [1.165, 1.54) is 18.2 Å². The van der Waals surface area contributed by atoms with E-state index in [1.54, 1.807) is 30.3 Å². The molecule has 1 saturated carbocycles. The summed E-state index contributed by atoms with van der Waals surface area (Å²) >= 11 is 0. The molecule has 0 spiro atoms. The van der Waals surface area contributed by atoms with Gasteiger partial charge in [0.15, 0.2) is 0 Å². The molecule has 2 aromatic rings. The zero-order valence-electron chi connectivity index (χ0n) is 12.1. The van der Waals surface area contributed by atoms with E-state index in [-0.39, 0.29) is 17.5 Å². The van der Waals surface area contributed by atoms with Gasteiger partial charge in [-0.2, -0.15) is 0 Å². The Morgan fingerprint density at radius 3 is 2.36 bits per heavy atom. The minimum Gasteiger partial charge on any atom is -0.355 e. The highest BCUT2D eigenvalue weighted by atomic mass is 19.1. The van der Waals surface area contributed by atoms with Crippen LogP contribution >= 0.6 is 0 Å². The Hall–Kier alpha value is -2.23. The van der Waals surface area contributed by atoms with E-state index in [0.717, 1.165) is 18.4 Å². The van der Waals surface area contributed by atoms with Gasteiger partial charge < -0.3 is 5.32 Å². The van der Waals surface area contributed by atoms with Crippen LogP contribution in [0.2, 0.25) is 0 Å². The number of hydrogen-bond donors (Lipinski definition) is 1. The van der Waals surface area contributed by atoms with Crippen molar-refractivity contribution in [3.05, 3.63) is 71.3 Å². The first kappa shape index (κ1) is 14.7. The van der Waals surface area contributed by atoms with Gasteiger partial charge in [0.1, 0.15) is 11.6 Å². The molecule has 1 amide bonds. The van der Waals surface area contributed by atoms with Gasteiger partial charge >= 0.3 is 0 Å². The third-order valence-electron chi connectivity index (χ3n) is 4.22. The molecule has 0 bridgehead atoms. The molecular formula is C18H17F2NO. The molecule has 2 aromatic carbocycles. The molecule has 0 aromatic heterocycles. The van der Waals surface area contributed by atoms with Crippen LogP contribution in [0, 0.1) is 11.6 Å². The molecule has 0 aliphatic heterocycles. The molecular weight excluding hydrogens is 284 g/mol. The number of amides is 1. The van der Waals surface area contributed by atoms with Crippen LogP contribution in [-0.4, -0.2) is 12.5 Å². The van der Waals surface area contributed by atoms with Crippen molar-refractivity contribution in [2.75, 3.05) is 6.54 Å². The number of carbonyl (C=O) groups excluding carboxylic acids is 1. The van der Waals surface area contributed by atoms with E-state index in [9.17, 15) is 13.6 Å². The molecule has 4 heteroatoms. The van der Waals surface area contributed by atoms with Gasteiger partial charge in [0.05, 0.1) is 5.41 Å². The van der Waals surface area contributed by atoms with Crippen molar-refractivity contribution in [1.29, 1.82) is 0 Å². The Bertz CT molecular complexity index is 678. The number of carbonyl (C=O) groups is 1. The van der Waals surface area contributed by atoms with Gasteiger partial charge in [0.2, 0.25) is 5.91 Å². The summed E-state index contributed by atoms with van der Waals surface area (Å²) in [7, 11) is 0. The maximum absolute atomic E-state index is 13.5. The first-order chi connectivity index (χ1) is 10.6. The normalized spacial score (nSPS) is 15.4. The van der Waals surface area contributed by atoms with Crippen LogP contribution in [0.15, 0.2) is 48.5 Å². The summed E-state index contributed by atoms with van der Waals surface area (Å²) in [5, 5.41) is 2.87. The van der Waals surface area contributed by atoms with Crippen LogP contribution in [0.5, 0.6) is 0 Å². The number of rotatable bonds is 5. The first-order valence-electron chi connectivity index (χ1n) is 7.40. The highest BCUT2D eigenvalue weighted by Crippen LogP contribution is 2.48. The summed E-state index contributed by atoms with van der Waals surface area (Å²) in [6.07, 6.45) is 1.99. The van der Waals surface area contributed by atoms with Crippen molar-refractivity contribution >= 4 is 5.91 Å². The number of benzene rings is 2. The predicted molar refractivity (Wildman–Crippen MR) is 80.4 cm³/mol. The molecule has 114 valence electrons. The molecule has 0 heterocycles. The van der Waals surface area contributed by atoms with E-state index < -0.39 is 5.41 Å². The zero-order chi connectivity index (χ0) is 15.6. The topological polar surface area (TPSA) is 29.1 Å². The fraction of sp³-hybridized carbons (Fsp3) is 0.278. The lowest BCUT2D eigenvalue weighted by molar-refractivity contribution is -0.123. The highest BCUT2D eigenvalue weighted by Gasteiger charge is 2.50. The van der Waals surface area contributed by atoms with E-state index in [4.69, 9.17) is 0 Å². The average molecular weight is 301 g/mol. The molecule has 1 aliphatic rings. The van der Waals surface area contributed by atoms with E-state index >= 15 is 0 Å². The zero-order valence-corrected chi connectivity index (χ0v) is 12.1. The van der Waals surface area contributed by atoms with Gasteiger partial charge in [0, 0.05) is 6.54 Å². The van der Waals surface area contributed by atoms with Crippen LogP contribution in [0.25, 0.3) is 0 Å². The lowest BCUT2D eigenvalue weighted by Crippen LogP contribution is -2.36. The third-order valence-corrected chi connectivity index (χ3v) is 4.22. The summed E-state index contributed by atoms with van der Waals surface area (Å²) in [4.78, 5) is 12.4. The van der Waals surface area contributed by atoms with Gasteiger partial charge in [-0.3, -0.25) is 4.79 Å². The van der Waals surface area contributed by atoms with Gasteiger partial charge in [-0.05, 0) is 48.6 Å². The standard InChI is InChI=1S/C18H17F2NO/c19-15-7-5-14(6-8-15)18(10-11-18)17(22)21-12-9-13-3-1-2-4-16(13)20/h1-8H,9-12H2,(H,21,22). The van der Waals surface area contributed by atoms with Crippen molar-refractivity contribution in [2.45, 2.75) is 24.7 Å². The fourth-order valence-electron chi connectivity index (χ4n) is 2.72. The monoisotopic (exact) mass is 301 g/mol. The average Bonchev–Trinajstić information content (AvgIpc) is 3.31. The molecule has 2 nitrogen and oxygen atoms in total. The van der Waals surface area contributed by atoms with Crippen molar-refractivity contribution in [3.8, 4) is 0 Å². The lowest BCUT2D eigenvalue weighted by atomic mass is 9.95. The second-order valence-corrected chi connectivity index (χ2v) is 5.69. The van der Waals surface area contributed by atoms with Crippen LogP contribution in [0.1, 0.15) is 24.0 Å². The van der Waals surface area contributed by atoms with Gasteiger partial charge in [0.25, 0.3) is 0 Å². The summed E-state index contributed by atoms with van der Waals surface area (Å²) < 4.78 is 26.5. The molecule has 1 N–H and O–H groups in total. The maximum Gasteiger partial charge on any atom is 0.230 e. The Morgan fingerprint density at radius 1 is 1.05 bits per heavy atom. The summed E-state index contributed by atoms with van der Waals surface area (Å²) in [5.41, 5.74) is 0.912. The molecule has 22 heavy (non-hydrogen) atoms. The maximum atomic E-state index is 13.5. The van der Waals surface area contributed by atoms with Gasteiger partial charge in [-0.25, -0.2) is 8.78 Å². The Morgan fingerprint density at radius 2 is 1.73 bits per heavy atom. The summed E-state index contributed by atoms with van der Waals surface area (Å²) in [5.74, 6) is -0.619.